The highest BCUT2D eigenvalue weighted by atomic mass is 32.1. The van der Waals surface area contributed by atoms with E-state index in [-0.39, 0.29) is 11.7 Å². The molecular weight excluding hydrogens is 400 g/mol. The zero-order valence-electron chi connectivity index (χ0n) is 16.6. The Labute approximate surface area is 178 Å². The van der Waals surface area contributed by atoms with Crippen LogP contribution in [0.2, 0.25) is 0 Å². The SMILES string of the molecule is COc1ccc(OC)c(-c2csc(N(Cc3ccccc3)C(=O)c3ccco3)n2)c1. The number of hydrogen-bond acceptors (Lipinski definition) is 6. The van der Waals surface area contributed by atoms with Gasteiger partial charge in [-0.1, -0.05) is 30.3 Å². The highest BCUT2D eigenvalue weighted by Gasteiger charge is 2.24. The molecule has 0 aliphatic carbocycles. The van der Waals surface area contributed by atoms with E-state index >= 15 is 0 Å². The maximum absolute atomic E-state index is 13.1. The van der Waals surface area contributed by atoms with Gasteiger partial charge in [-0.2, -0.15) is 0 Å². The van der Waals surface area contributed by atoms with Gasteiger partial charge in [0.2, 0.25) is 0 Å². The van der Waals surface area contributed by atoms with E-state index in [9.17, 15) is 4.79 Å². The molecule has 0 bridgehead atoms. The Balaban J connectivity index is 1.72. The third-order valence-electron chi connectivity index (χ3n) is 4.57. The smallest absolute Gasteiger partial charge is 0.296 e. The molecule has 30 heavy (non-hydrogen) atoms. The topological polar surface area (TPSA) is 64.8 Å². The van der Waals surface area contributed by atoms with Crippen molar-refractivity contribution in [2.45, 2.75) is 6.54 Å². The Hall–Kier alpha value is -3.58. The molecule has 7 heteroatoms. The number of furan rings is 1. The second kappa shape index (κ2) is 8.84. The minimum Gasteiger partial charge on any atom is -0.497 e. The van der Waals surface area contributed by atoms with Gasteiger partial charge in [0.25, 0.3) is 5.91 Å². The summed E-state index contributed by atoms with van der Waals surface area (Å²) in [7, 11) is 3.22. The summed E-state index contributed by atoms with van der Waals surface area (Å²) in [6.45, 7) is 0.378. The Bertz CT molecular complexity index is 1120. The van der Waals surface area contributed by atoms with Crippen LogP contribution in [0.3, 0.4) is 0 Å². The van der Waals surface area contributed by atoms with Crippen LogP contribution in [0.15, 0.2) is 76.7 Å². The zero-order valence-corrected chi connectivity index (χ0v) is 17.4. The molecule has 2 aromatic heterocycles. The van der Waals surface area contributed by atoms with Crippen molar-refractivity contribution < 1.29 is 18.7 Å². The number of benzene rings is 2. The Morgan fingerprint density at radius 1 is 1.07 bits per heavy atom. The average Bonchev–Trinajstić information content (AvgIpc) is 3.50. The Morgan fingerprint density at radius 3 is 2.60 bits per heavy atom. The molecule has 152 valence electrons. The number of methoxy groups -OCH3 is 2. The number of nitrogens with zero attached hydrogens (tertiary/aromatic N) is 2. The molecule has 1 amide bonds. The van der Waals surface area contributed by atoms with E-state index in [0.29, 0.717) is 28.9 Å². The van der Waals surface area contributed by atoms with Gasteiger partial charge in [-0.15, -0.1) is 11.3 Å². The van der Waals surface area contributed by atoms with Gasteiger partial charge < -0.3 is 13.9 Å². The van der Waals surface area contributed by atoms with Crippen molar-refractivity contribution in [1.29, 1.82) is 0 Å². The van der Waals surface area contributed by atoms with Gasteiger partial charge in [-0.3, -0.25) is 9.69 Å². The van der Waals surface area contributed by atoms with Gasteiger partial charge in [0.15, 0.2) is 10.9 Å². The molecule has 0 radical (unpaired) electrons. The number of rotatable bonds is 7. The van der Waals surface area contributed by atoms with Crippen LogP contribution in [0.4, 0.5) is 5.13 Å². The molecule has 0 atom stereocenters. The molecule has 4 aromatic rings. The van der Waals surface area contributed by atoms with Gasteiger partial charge in [0, 0.05) is 10.9 Å². The lowest BCUT2D eigenvalue weighted by Gasteiger charge is -2.19. The normalized spacial score (nSPS) is 10.6. The molecule has 0 saturated carbocycles. The van der Waals surface area contributed by atoms with Crippen molar-refractivity contribution in [2.24, 2.45) is 0 Å². The number of anilines is 1. The zero-order chi connectivity index (χ0) is 20.9. The maximum Gasteiger partial charge on any atom is 0.296 e. The van der Waals surface area contributed by atoms with Crippen molar-refractivity contribution >= 4 is 22.4 Å². The van der Waals surface area contributed by atoms with Crippen molar-refractivity contribution in [3.63, 3.8) is 0 Å². The van der Waals surface area contributed by atoms with Crippen LogP contribution in [0, 0.1) is 0 Å². The molecule has 4 rings (SSSR count). The fourth-order valence-corrected chi connectivity index (χ4v) is 3.87. The highest BCUT2D eigenvalue weighted by Crippen LogP contribution is 2.36. The number of thiazole rings is 1. The van der Waals surface area contributed by atoms with E-state index in [4.69, 9.17) is 18.9 Å². The van der Waals surface area contributed by atoms with Crippen LogP contribution in [0.1, 0.15) is 16.1 Å². The van der Waals surface area contributed by atoms with Crippen LogP contribution < -0.4 is 14.4 Å². The largest absolute Gasteiger partial charge is 0.497 e. The van der Waals surface area contributed by atoms with Crippen LogP contribution in [0.25, 0.3) is 11.3 Å². The fourth-order valence-electron chi connectivity index (χ4n) is 3.05. The molecule has 0 unspecified atom stereocenters. The summed E-state index contributed by atoms with van der Waals surface area (Å²) < 4.78 is 16.2. The van der Waals surface area contributed by atoms with E-state index in [2.05, 4.69) is 0 Å². The van der Waals surface area contributed by atoms with Gasteiger partial charge >= 0.3 is 0 Å². The number of amides is 1. The van der Waals surface area contributed by atoms with Crippen LogP contribution in [0.5, 0.6) is 11.5 Å². The summed E-state index contributed by atoms with van der Waals surface area (Å²) in [5.74, 6) is 1.40. The summed E-state index contributed by atoms with van der Waals surface area (Å²) in [5.41, 5.74) is 2.49. The first-order chi connectivity index (χ1) is 14.7. The number of carbonyl (C=O) groups is 1. The minimum absolute atomic E-state index is 0.248. The lowest BCUT2D eigenvalue weighted by atomic mass is 10.1. The number of aromatic nitrogens is 1. The molecule has 0 saturated heterocycles. The van der Waals surface area contributed by atoms with Crippen molar-refractivity contribution in [3.8, 4) is 22.8 Å². The van der Waals surface area contributed by atoms with Crippen molar-refractivity contribution in [1.82, 2.24) is 4.98 Å². The third kappa shape index (κ3) is 4.06. The van der Waals surface area contributed by atoms with Gasteiger partial charge in [0.1, 0.15) is 11.5 Å². The first kappa shape index (κ1) is 19.7. The standard InChI is InChI=1S/C23H20N2O4S/c1-27-17-10-11-20(28-2)18(13-17)19-15-30-23(24-19)25(14-16-7-4-3-5-8-16)22(26)21-9-6-12-29-21/h3-13,15H,14H2,1-2H3. The first-order valence-electron chi connectivity index (χ1n) is 9.27. The summed E-state index contributed by atoms with van der Waals surface area (Å²) in [5, 5.41) is 2.47. The first-order valence-corrected chi connectivity index (χ1v) is 10.1. The molecular formula is C23H20N2O4S. The number of hydrogen-bond donors (Lipinski definition) is 0. The van der Waals surface area contributed by atoms with E-state index in [1.54, 1.807) is 31.3 Å². The summed E-state index contributed by atoms with van der Waals surface area (Å²) >= 11 is 1.39. The van der Waals surface area contributed by atoms with Crippen LogP contribution in [-0.2, 0) is 6.54 Å². The Morgan fingerprint density at radius 2 is 1.90 bits per heavy atom. The van der Waals surface area contributed by atoms with Gasteiger partial charge in [-0.25, -0.2) is 4.98 Å². The summed E-state index contributed by atoms with van der Waals surface area (Å²) in [6.07, 6.45) is 1.49. The quantitative estimate of drug-likeness (QED) is 0.408. The lowest BCUT2D eigenvalue weighted by molar-refractivity contribution is 0.0958. The maximum atomic E-state index is 13.1. The van der Waals surface area contributed by atoms with E-state index in [0.717, 1.165) is 11.1 Å². The molecule has 0 aliphatic heterocycles. The highest BCUT2D eigenvalue weighted by molar-refractivity contribution is 7.14. The predicted octanol–water partition coefficient (Wildman–Crippen LogP) is 5.27. The molecule has 2 heterocycles. The van der Waals surface area contributed by atoms with E-state index in [1.165, 1.54) is 17.6 Å². The summed E-state index contributed by atoms with van der Waals surface area (Å²) in [4.78, 5) is 19.5. The lowest BCUT2D eigenvalue weighted by Crippen LogP contribution is -2.30. The Kier molecular flexibility index (Phi) is 5.81. The number of ether oxygens (including phenoxy) is 2. The minimum atomic E-state index is -0.248. The molecule has 0 spiro atoms. The average molecular weight is 420 g/mol. The van der Waals surface area contributed by atoms with Gasteiger partial charge in [0.05, 0.1) is 32.7 Å². The van der Waals surface area contributed by atoms with Crippen molar-refractivity contribution in [2.75, 3.05) is 19.1 Å². The second-order valence-corrected chi connectivity index (χ2v) is 7.27. The molecule has 2 aromatic carbocycles. The molecule has 0 N–H and O–H groups in total. The monoisotopic (exact) mass is 420 g/mol. The van der Waals surface area contributed by atoms with E-state index < -0.39 is 0 Å². The second-order valence-electron chi connectivity index (χ2n) is 6.44. The predicted molar refractivity (Wildman–Crippen MR) is 116 cm³/mol. The van der Waals surface area contributed by atoms with Crippen LogP contribution >= 0.6 is 11.3 Å². The van der Waals surface area contributed by atoms with Crippen molar-refractivity contribution in [3.05, 3.63) is 83.6 Å². The molecule has 0 aliphatic rings. The van der Waals surface area contributed by atoms with Gasteiger partial charge in [-0.05, 0) is 35.9 Å². The molecule has 6 nitrogen and oxygen atoms in total. The van der Waals surface area contributed by atoms with E-state index in [1.807, 2.05) is 53.9 Å². The third-order valence-corrected chi connectivity index (χ3v) is 5.43. The summed E-state index contributed by atoms with van der Waals surface area (Å²) in [6, 6.07) is 18.7. The fraction of sp³-hybridized carbons (Fsp3) is 0.130. The molecule has 0 fully saturated rings. The van der Waals surface area contributed by atoms with Crippen LogP contribution in [-0.4, -0.2) is 25.1 Å². The number of carbonyl (C=O) groups excluding carboxylic acids is 1.